The van der Waals surface area contributed by atoms with E-state index in [0.29, 0.717) is 19.0 Å². The van der Waals surface area contributed by atoms with Gasteiger partial charge in [0.05, 0.1) is 5.69 Å². The van der Waals surface area contributed by atoms with Crippen LogP contribution in [-0.2, 0) is 6.18 Å². The van der Waals surface area contributed by atoms with Gasteiger partial charge in [0, 0.05) is 13.1 Å². The lowest BCUT2D eigenvalue weighted by Gasteiger charge is -2.09. The second kappa shape index (κ2) is 7.11. The van der Waals surface area contributed by atoms with E-state index in [2.05, 4.69) is 36.4 Å². The fourth-order valence-electron chi connectivity index (χ4n) is 1.98. The van der Waals surface area contributed by atoms with Crippen molar-refractivity contribution in [1.82, 2.24) is 30.4 Å². The van der Waals surface area contributed by atoms with E-state index in [4.69, 9.17) is 0 Å². The molecule has 25 heavy (non-hydrogen) atoms. The van der Waals surface area contributed by atoms with Gasteiger partial charge in [-0.15, -0.1) is 10.2 Å². The molecule has 0 atom stereocenters. The van der Waals surface area contributed by atoms with Gasteiger partial charge in [-0.3, -0.25) is 0 Å². The molecule has 0 spiro atoms. The number of aromatic nitrogens is 6. The molecule has 0 bridgehead atoms. The molecule has 0 saturated carbocycles. The second-order valence-electron chi connectivity index (χ2n) is 4.90. The minimum absolute atomic E-state index is 0.248. The van der Waals surface area contributed by atoms with Crippen molar-refractivity contribution in [2.24, 2.45) is 0 Å². The maximum absolute atomic E-state index is 12.4. The summed E-state index contributed by atoms with van der Waals surface area (Å²) in [6, 6.07) is 11.4. The molecule has 0 amide bonds. The normalized spacial score (nSPS) is 11.3. The molecule has 130 valence electrons. The molecule has 1 aromatic carbocycles. The number of halogens is 3. The van der Waals surface area contributed by atoms with Crippen molar-refractivity contribution in [2.75, 3.05) is 23.7 Å². The molecule has 0 unspecified atom stereocenters. The highest BCUT2D eigenvalue weighted by atomic mass is 19.4. The number of rotatable bonds is 6. The maximum atomic E-state index is 12.4. The number of benzene rings is 1. The SMILES string of the molecule is FC(F)(F)c1ccc(NCCNc2nnnn2-c2ccccc2)nn1. The third-order valence-corrected chi connectivity index (χ3v) is 3.14. The Hall–Kier alpha value is -3.24. The molecule has 3 rings (SSSR count). The Balaban J connectivity index is 1.52. The number of hydrogen-bond donors (Lipinski definition) is 2. The van der Waals surface area contributed by atoms with Gasteiger partial charge >= 0.3 is 6.18 Å². The van der Waals surface area contributed by atoms with Crippen LogP contribution in [0.25, 0.3) is 5.69 Å². The molecule has 0 aliphatic carbocycles. The van der Waals surface area contributed by atoms with E-state index >= 15 is 0 Å². The Morgan fingerprint density at radius 2 is 1.64 bits per heavy atom. The van der Waals surface area contributed by atoms with Crippen molar-refractivity contribution in [3.8, 4) is 5.69 Å². The Labute approximate surface area is 140 Å². The molecule has 0 aliphatic rings. The second-order valence-corrected chi connectivity index (χ2v) is 4.90. The van der Waals surface area contributed by atoms with Crippen LogP contribution in [0.15, 0.2) is 42.5 Å². The molecular weight excluding hydrogens is 337 g/mol. The van der Waals surface area contributed by atoms with Crippen molar-refractivity contribution in [2.45, 2.75) is 6.18 Å². The van der Waals surface area contributed by atoms with Gasteiger partial charge in [0.2, 0.25) is 5.95 Å². The summed E-state index contributed by atoms with van der Waals surface area (Å²) in [5.41, 5.74) is -0.227. The number of nitrogens with one attached hydrogen (secondary N) is 2. The smallest absolute Gasteiger partial charge is 0.367 e. The Bertz CT molecular complexity index is 801. The Kier molecular flexibility index (Phi) is 4.73. The van der Waals surface area contributed by atoms with E-state index in [-0.39, 0.29) is 5.82 Å². The Morgan fingerprint density at radius 3 is 2.32 bits per heavy atom. The average molecular weight is 350 g/mol. The van der Waals surface area contributed by atoms with Crippen molar-refractivity contribution in [1.29, 1.82) is 0 Å². The average Bonchev–Trinajstić information content (AvgIpc) is 3.08. The summed E-state index contributed by atoms with van der Waals surface area (Å²) in [4.78, 5) is 0. The largest absolute Gasteiger partial charge is 0.435 e. The molecule has 2 aromatic heterocycles. The summed E-state index contributed by atoms with van der Waals surface area (Å²) >= 11 is 0. The monoisotopic (exact) mass is 350 g/mol. The van der Waals surface area contributed by atoms with E-state index in [1.165, 1.54) is 10.7 Å². The third kappa shape index (κ3) is 4.19. The van der Waals surface area contributed by atoms with Crippen LogP contribution in [0.1, 0.15) is 5.69 Å². The van der Waals surface area contributed by atoms with E-state index in [1.54, 1.807) is 0 Å². The van der Waals surface area contributed by atoms with E-state index in [9.17, 15) is 13.2 Å². The van der Waals surface area contributed by atoms with Crippen LogP contribution >= 0.6 is 0 Å². The highest BCUT2D eigenvalue weighted by Gasteiger charge is 2.32. The molecule has 8 nitrogen and oxygen atoms in total. The molecule has 0 radical (unpaired) electrons. The molecule has 0 fully saturated rings. The van der Waals surface area contributed by atoms with Gasteiger partial charge in [-0.05, 0) is 34.7 Å². The quantitative estimate of drug-likeness (QED) is 0.657. The van der Waals surface area contributed by atoms with Crippen LogP contribution in [0.5, 0.6) is 0 Å². The number of alkyl halides is 3. The zero-order valence-electron chi connectivity index (χ0n) is 12.8. The van der Waals surface area contributed by atoms with Crippen LogP contribution < -0.4 is 10.6 Å². The van der Waals surface area contributed by atoms with Crippen molar-refractivity contribution in [3.63, 3.8) is 0 Å². The molecule has 2 N–H and O–H groups in total. The van der Waals surface area contributed by atoms with Crippen LogP contribution in [0, 0.1) is 0 Å². The van der Waals surface area contributed by atoms with Crippen LogP contribution in [0.2, 0.25) is 0 Å². The summed E-state index contributed by atoms with van der Waals surface area (Å²) in [5, 5.41) is 23.9. The highest BCUT2D eigenvalue weighted by molar-refractivity contribution is 5.39. The lowest BCUT2D eigenvalue weighted by molar-refractivity contribution is -0.141. The summed E-state index contributed by atoms with van der Waals surface area (Å²) in [7, 11) is 0. The van der Waals surface area contributed by atoms with Gasteiger partial charge in [-0.25, -0.2) is 0 Å². The van der Waals surface area contributed by atoms with Crippen molar-refractivity contribution in [3.05, 3.63) is 48.2 Å². The first-order valence-electron chi connectivity index (χ1n) is 7.26. The predicted octanol–water partition coefficient (Wildman–Crippen LogP) is 2.00. The lowest BCUT2D eigenvalue weighted by atomic mass is 10.3. The van der Waals surface area contributed by atoms with Gasteiger partial charge in [-0.1, -0.05) is 23.3 Å². The summed E-state index contributed by atoms with van der Waals surface area (Å²) in [6.07, 6.45) is -4.50. The van der Waals surface area contributed by atoms with Gasteiger partial charge < -0.3 is 10.6 Å². The van der Waals surface area contributed by atoms with Crippen LogP contribution in [0.3, 0.4) is 0 Å². The van der Waals surface area contributed by atoms with Gasteiger partial charge in [0.25, 0.3) is 0 Å². The summed E-state index contributed by atoms with van der Waals surface area (Å²) < 4.78 is 38.8. The number of para-hydroxylation sites is 1. The molecule has 2 heterocycles. The summed E-state index contributed by atoms with van der Waals surface area (Å²) in [6.45, 7) is 0.817. The fourth-order valence-corrected chi connectivity index (χ4v) is 1.98. The van der Waals surface area contributed by atoms with Crippen LogP contribution in [0.4, 0.5) is 24.9 Å². The minimum Gasteiger partial charge on any atom is -0.367 e. The van der Waals surface area contributed by atoms with Crippen LogP contribution in [-0.4, -0.2) is 43.5 Å². The van der Waals surface area contributed by atoms with Crippen molar-refractivity contribution >= 4 is 11.8 Å². The third-order valence-electron chi connectivity index (χ3n) is 3.14. The number of hydrogen-bond acceptors (Lipinski definition) is 7. The number of nitrogens with zero attached hydrogens (tertiary/aromatic N) is 6. The van der Waals surface area contributed by atoms with E-state index in [0.717, 1.165) is 11.8 Å². The first-order chi connectivity index (χ1) is 12.0. The molecule has 0 aliphatic heterocycles. The van der Waals surface area contributed by atoms with Gasteiger partial charge in [0.1, 0.15) is 5.82 Å². The number of tetrazole rings is 1. The summed E-state index contributed by atoms with van der Waals surface area (Å²) in [5.74, 6) is 0.698. The zero-order chi connectivity index (χ0) is 17.7. The fraction of sp³-hybridized carbons (Fsp3) is 0.214. The maximum Gasteiger partial charge on any atom is 0.435 e. The van der Waals surface area contributed by atoms with Crippen molar-refractivity contribution < 1.29 is 13.2 Å². The van der Waals surface area contributed by atoms with E-state index in [1.807, 2.05) is 30.3 Å². The zero-order valence-corrected chi connectivity index (χ0v) is 12.8. The molecular formula is C14H13F3N8. The first-order valence-corrected chi connectivity index (χ1v) is 7.26. The standard InChI is InChI=1S/C14H13F3N8/c15-14(16,17)11-6-7-12(21-20-11)18-8-9-19-13-22-23-24-25(13)10-4-2-1-3-5-10/h1-7H,8-9H2,(H,18,21)(H,19,22,24). The lowest BCUT2D eigenvalue weighted by Crippen LogP contribution is -2.17. The highest BCUT2D eigenvalue weighted by Crippen LogP contribution is 2.26. The molecule has 3 aromatic rings. The number of anilines is 2. The predicted molar refractivity (Wildman–Crippen MR) is 83.2 cm³/mol. The molecule has 0 saturated heterocycles. The van der Waals surface area contributed by atoms with E-state index < -0.39 is 11.9 Å². The van der Waals surface area contributed by atoms with Gasteiger partial charge in [-0.2, -0.15) is 17.9 Å². The molecule has 11 heteroatoms. The van der Waals surface area contributed by atoms with Gasteiger partial charge in [0.15, 0.2) is 5.69 Å². The first kappa shape index (κ1) is 16.6. The minimum atomic E-state index is -4.50. The topological polar surface area (TPSA) is 93.4 Å². The Morgan fingerprint density at radius 1 is 0.880 bits per heavy atom.